The van der Waals surface area contributed by atoms with E-state index in [9.17, 15) is 14.4 Å². The van der Waals surface area contributed by atoms with Crippen LogP contribution in [-0.2, 0) is 14.4 Å². The second-order valence-corrected chi connectivity index (χ2v) is 3.42. The van der Waals surface area contributed by atoms with Gasteiger partial charge in [-0.2, -0.15) is 0 Å². The number of aliphatic hydroxyl groups excluding tert-OH is 1. The number of hydrogen-bond acceptors (Lipinski definition) is 4. The van der Waals surface area contributed by atoms with E-state index in [1.54, 1.807) is 13.8 Å². The maximum Gasteiger partial charge on any atom is 0.328 e. The molecule has 0 fully saturated rings. The summed E-state index contributed by atoms with van der Waals surface area (Å²) in [4.78, 5) is 29.4. The standard InChI is InChI=1S/C5H11NO2.C4H4O4/c1-5(2,3-7)4(6)8;5-3(6)1-2-4(7)8/h7H,3H2,1-2H3,(H2,6,8);1-2H,(H,5,6)(H,7,8)/b;2-1+. The summed E-state index contributed by atoms with van der Waals surface area (Å²) in [6.07, 6.45) is 1.12. The van der Waals surface area contributed by atoms with Crippen LogP contribution in [0.4, 0.5) is 0 Å². The summed E-state index contributed by atoms with van der Waals surface area (Å²) in [5.74, 6) is -2.99. The van der Waals surface area contributed by atoms with Gasteiger partial charge in [-0.1, -0.05) is 0 Å². The lowest BCUT2D eigenvalue weighted by Gasteiger charge is -2.15. The molecule has 0 aliphatic carbocycles. The topological polar surface area (TPSA) is 138 Å². The number of rotatable bonds is 4. The normalized spacial score (nSPS) is 10.4. The van der Waals surface area contributed by atoms with Gasteiger partial charge in [0.15, 0.2) is 0 Å². The third-order valence-electron chi connectivity index (χ3n) is 1.43. The van der Waals surface area contributed by atoms with Crippen molar-refractivity contribution in [1.29, 1.82) is 0 Å². The Hall–Kier alpha value is -1.89. The van der Waals surface area contributed by atoms with Gasteiger partial charge >= 0.3 is 11.9 Å². The molecule has 0 heterocycles. The van der Waals surface area contributed by atoms with Crippen LogP contribution in [0.2, 0.25) is 0 Å². The number of carboxylic acid groups (broad SMARTS) is 2. The highest BCUT2D eigenvalue weighted by Crippen LogP contribution is 2.10. The van der Waals surface area contributed by atoms with E-state index in [2.05, 4.69) is 0 Å². The van der Waals surface area contributed by atoms with Crippen LogP contribution >= 0.6 is 0 Å². The molecule has 7 heteroatoms. The number of aliphatic hydroxyl groups is 1. The Morgan fingerprint density at radius 1 is 1.12 bits per heavy atom. The summed E-state index contributed by atoms with van der Waals surface area (Å²) in [5, 5.41) is 24.1. The predicted molar refractivity (Wildman–Crippen MR) is 54.5 cm³/mol. The predicted octanol–water partition coefficient (Wildman–Crippen LogP) is -0.798. The lowest BCUT2D eigenvalue weighted by Crippen LogP contribution is -2.34. The summed E-state index contributed by atoms with van der Waals surface area (Å²) < 4.78 is 0. The fourth-order valence-corrected chi connectivity index (χ4v) is 0.220. The highest BCUT2D eigenvalue weighted by Gasteiger charge is 2.22. The molecule has 5 N–H and O–H groups in total. The van der Waals surface area contributed by atoms with Crippen molar-refractivity contribution >= 4 is 17.8 Å². The number of aliphatic carboxylic acids is 2. The lowest BCUT2D eigenvalue weighted by molar-refractivity contribution is -0.134. The van der Waals surface area contributed by atoms with Gasteiger partial charge in [-0.3, -0.25) is 4.79 Å². The van der Waals surface area contributed by atoms with Gasteiger partial charge in [-0.15, -0.1) is 0 Å². The molecule has 1 amide bonds. The average Bonchev–Trinajstić information content (AvgIpc) is 2.15. The molecular weight excluding hydrogens is 218 g/mol. The fraction of sp³-hybridized carbons (Fsp3) is 0.444. The van der Waals surface area contributed by atoms with Crippen molar-refractivity contribution in [2.75, 3.05) is 6.61 Å². The average molecular weight is 233 g/mol. The zero-order valence-electron chi connectivity index (χ0n) is 9.01. The van der Waals surface area contributed by atoms with Gasteiger partial charge in [0, 0.05) is 12.2 Å². The van der Waals surface area contributed by atoms with Crippen molar-refractivity contribution in [3.05, 3.63) is 12.2 Å². The summed E-state index contributed by atoms with van der Waals surface area (Å²) in [6.45, 7) is 2.99. The zero-order valence-corrected chi connectivity index (χ0v) is 9.01. The minimum atomic E-state index is -1.26. The molecule has 0 aliphatic heterocycles. The van der Waals surface area contributed by atoms with E-state index in [1.165, 1.54) is 0 Å². The molecule has 0 atom stereocenters. The Morgan fingerprint density at radius 3 is 1.50 bits per heavy atom. The molecule has 0 aromatic heterocycles. The van der Waals surface area contributed by atoms with Crippen LogP contribution in [0, 0.1) is 5.41 Å². The van der Waals surface area contributed by atoms with Gasteiger partial charge in [-0.05, 0) is 13.8 Å². The monoisotopic (exact) mass is 233 g/mol. The molecule has 0 aromatic rings. The van der Waals surface area contributed by atoms with Crippen molar-refractivity contribution < 1.29 is 29.7 Å². The van der Waals surface area contributed by atoms with E-state index < -0.39 is 23.3 Å². The van der Waals surface area contributed by atoms with E-state index in [4.69, 9.17) is 21.1 Å². The van der Waals surface area contributed by atoms with E-state index >= 15 is 0 Å². The van der Waals surface area contributed by atoms with Crippen LogP contribution in [-0.4, -0.2) is 39.8 Å². The Labute approximate surface area is 92.2 Å². The lowest BCUT2D eigenvalue weighted by atomic mass is 9.94. The van der Waals surface area contributed by atoms with Crippen molar-refractivity contribution in [3.8, 4) is 0 Å². The van der Waals surface area contributed by atoms with E-state index in [-0.39, 0.29) is 6.61 Å². The third-order valence-corrected chi connectivity index (χ3v) is 1.43. The molecule has 0 saturated carbocycles. The molecule has 0 radical (unpaired) electrons. The highest BCUT2D eigenvalue weighted by molar-refractivity contribution is 5.89. The SMILES string of the molecule is CC(C)(CO)C(N)=O.O=C(O)/C=C/C(=O)O. The molecule has 0 aromatic carbocycles. The van der Waals surface area contributed by atoms with Crippen molar-refractivity contribution in [1.82, 2.24) is 0 Å². The quantitative estimate of drug-likeness (QED) is 0.469. The summed E-state index contributed by atoms with van der Waals surface area (Å²) in [5.41, 5.74) is 4.12. The maximum absolute atomic E-state index is 10.3. The Balaban J connectivity index is 0. The van der Waals surface area contributed by atoms with Crippen LogP contribution in [0.1, 0.15) is 13.8 Å². The fourth-order valence-electron chi connectivity index (χ4n) is 0.220. The zero-order chi connectivity index (χ0) is 13.4. The van der Waals surface area contributed by atoms with Crippen LogP contribution < -0.4 is 5.73 Å². The van der Waals surface area contributed by atoms with Gasteiger partial charge < -0.3 is 21.1 Å². The molecule has 0 unspecified atom stereocenters. The Bertz CT molecular complexity index is 278. The molecule has 0 spiro atoms. The summed E-state index contributed by atoms with van der Waals surface area (Å²) >= 11 is 0. The Kier molecular flexibility index (Phi) is 7.66. The van der Waals surface area contributed by atoms with Crippen LogP contribution in [0.5, 0.6) is 0 Å². The number of carboxylic acids is 2. The first-order valence-electron chi connectivity index (χ1n) is 4.18. The molecule has 0 rings (SSSR count). The smallest absolute Gasteiger partial charge is 0.328 e. The minimum Gasteiger partial charge on any atom is -0.478 e. The molecule has 0 aliphatic rings. The van der Waals surface area contributed by atoms with Crippen LogP contribution in [0.15, 0.2) is 12.2 Å². The molecule has 0 saturated heterocycles. The largest absolute Gasteiger partial charge is 0.478 e. The number of primary amides is 1. The third kappa shape index (κ3) is 10.2. The number of carbonyl (C=O) groups is 3. The summed E-state index contributed by atoms with van der Waals surface area (Å²) in [6, 6.07) is 0. The first-order valence-corrected chi connectivity index (χ1v) is 4.18. The second-order valence-electron chi connectivity index (χ2n) is 3.42. The van der Waals surface area contributed by atoms with Crippen molar-refractivity contribution in [2.45, 2.75) is 13.8 Å². The first kappa shape index (κ1) is 16.5. The number of carbonyl (C=O) groups excluding carboxylic acids is 1. The van der Waals surface area contributed by atoms with Crippen molar-refractivity contribution in [2.24, 2.45) is 11.1 Å². The van der Waals surface area contributed by atoms with E-state index in [0.717, 1.165) is 0 Å². The second kappa shape index (κ2) is 7.41. The van der Waals surface area contributed by atoms with Crippen LogP contribution in [0.3, 0.4) is 0 Å². The van der Waals surface area contributed by atoms with E-state index in [1.807, 2.05) is 0 Å². The minimum absolute atomic E-state index is 0.192. The molecule has 92 valence electrons. The van der Waals surface area contributed by atoms with Gasteiger partial charge in [-0.25, -0.2) is 9.59 Å². The van der Waals surface area contributed by atoms with Gasteiger partial charge in [0.2, 0.25) is 5.91 Å². The molecule has 0 bridgehead atoms. The number of hydrogen-bond donors (Lipinski definition) is 4. The molecule has 16 heavy (non-hydrogen) atoms. The van der Waals surface area contributed by atoms with Gasteiger partial charge in [0.1, 0.15) is 0 Å². The molecule has 7 nitrogen and oxygen atoms in total. The highest BCUT2D eigenvalue weighted by atomic mass is 16.4. The summed E-state index contributed by atoms with van der Waals surface area (Å²) in [7, 11) is 0. The van der Waals surface area contributed by atoms with Gasteiger partial charge in [0.05, 0.1) is 12.0 Å². The van der Waals surface area contributed by atoms with Gasteiger partial charge in [0.25, 0.3) is 0 Å². The first-order chi connectivity index (χ1) is 7.13. The Morgan fingerprint density at radius 2 is 1.44 bits per heavy atom. The van der Waals surface area contributed by atoms with E-state index in [0.29, 0.717) is 12.2 Å². The van der Waals surface area contributed by atoms with Crippen molar-refractivity contribution in [3.63, 3.8) is 0 Å². The number of nitrogens with two attached hydrogens (primary N) is 1. The van der Waals surface area contributed by atoms with Crippen LogP contribution in [0.25, 0.3) is 0 Å². The molecular formula is C9H15NO6. The number of amides is 1. The maximum atomic E-state index is 10.3.